The topological polar surface area (TPSA) is 48.4 Å². The predicted molar refractivity (Wildman–Crippen MR) is 80.4 cm³/mol. The highest BCUT2D eigenvalue weighted by Gasteiger charge is 2.28. The maximum absolute atomic E-state index is 9.66. The van der Waals surface area contributed by atoms with Crippen LogP contribution in [0.15, 0.2) is 6.07 Å². The van der Waals surface area contributed by atoms with Crippen molar-refractivity contribution in [3.8, 4) is 0 Å². The predicted octanol–water partition coefficient (Wildman–Crippen LogP) is 3.03. The van der Waals surface area contributed by atoms with E-state index in [0.29, 0.717) is 15.9 Å². The summed E-state index contributed by atoms with van der Waals surface area (Å²) in [5, 5.41) is 13.9. The molecule has 1 aliphatic rings. The zero-order chi connectivity index (χ0) is 14.0. The standard InChI is InChI=1S/C13H19Cl2N3O/c1-3-16-12-10(14)6-11(15)13(17-12)18-5-4-9(7-18)8(2)19/h6,8-9,19H,3-5,7H2,1-2H3,(H,16,17). The first-order valence-corrected chi connectivity index (χ1v) is 7.31. The average molecular weight is 304 g/mol. The van der Waals surface area contributed by atoms with Gasteiger partial charge in [-0.2, -0.15) is 0 Å². The Kier molecular flexibility index (Phi) is 4.76. The molecule has 2 unspecified atom stereocenters. The maximum atomic E-state index is 9.66. The van der Waals surface area contributed by atoms with Crippen molar-refractivity contribution in [2.45, 2.75) is 26.4 Å². The van der Waals surface area contributed by atoms with E-state index in [1.807, 2.05) is 13.8 Å². The van der Waals surface area contributed by atoms with Crippen LogP contribution >= 0.6 is 23.2 Å². The monoisotopic (exact) mass is 303 g/mol. The number of halogens is 2. The smallest absolute Gasteiger partial charge is 0.149 e. The normalized spacial score (nSPS) is 20.7. The molecule has 6 heteroatoms. The molecule has 2 N–H and O–H groups in total. The summed E-state index contributed by atoms with van der Waals surface area (Å²) in [6.07, 6.45) is 0.652. The summed E-state index contributed by atoms with van der Waals surface area (Å²) in [6.45, 7) is 6.21. The Labute approximate surface area is 123 Å². The number of aromatic nitrogens is 1. The number of rotatable bonds is 4. The molecule has 1 aromatic heterocycles. The van der Waals surface area contributed by atoms with Gasteiger partial charge in [-0.25, -0.2) is 4.98 Å². The fourth-order valence-electron chi connectivity index (χ4n) is 2.34. The van der Waals surface area contributed by atoms with E-state index in [4.69, 9.17) is 23.2 Å². The Morgan fingerprint density at radius 1 is 1.53 bits per heavy atom. The number of aliphatic hydroxyl groups is 1. The molecule has 1 aliphatic heterocycles. The van der Waals surface area contributed by atoms with E-state index in [1.54, 1.807) is 6.07 Å². The van der Waals surface area contributed by atoms with Gasteiger partial charge in [-0.3, -0.25) is 0 Å². The molecule has 0 amide bonds. The van der Waals surface area contributed by atoms with Gasteiger partial charge in [0.25, 0.3) is 0 Å². The highest BCUT2D eigenvalue weighted by Crippen LogP contribution is 2.34. The van der Waals surface area contributed by atoms with Crippen LogP contribution in [0.2, 0.25) is 10.0 Å². The minimum atomic E-state index is -0.302. The molecule has 2 atom stereocenters. The van der Waals surface area contributed by atoms with E-state index in [2.05, 4.69) is 15.2 Å². The van der Waals surface area contributed by atoms with E-state index in [-0.39, 0.29) is 12.0 Å². The van der Waals surface area contributed by atoms with Crippen LogP contribution in [0.5, 0.6) is 0 Å². The van der Waals surface area contributed by atoms with E-state index in [0.717, 1.165) is 31.9 Å². The van der Waals surface area contributed by atoms with Crippen LogP contribution in [0, 0.1) is 5.92 Å². The summed E-state index contributed by atoms with van der Waals surface area (Å²) in [6, 6.07) is 1.72. The first kappa shape index (κ1) is 14.7. The van der Waals surface area contributed by atoms with Crippen LogP contribution in [0.25, 0.3) is 0 Å². The van der Waals surface area contributed by atoms with Gasteiger partial charge in [0, 0.05) is 25.6 Å². The Bertz CT molecular complexity index is 454. The van der Waals surface area contributed by atoms with E-state index >= 15 is 0 Å². The van der Waals surface area contributed by atoms with Crippen LogP contribution in [-0.4, -0.2) is 35.8 Å². The average Bonchev–Trinajstić information content (AvgIpc) is 2.82. The minimum Gasteiger partial charge on any atom is -0.393 e. The molecule has 0 aliphatic carbocycles. The molecule has 1 fully saturated rings. The van der Waals surface area contributed by atoms with Crippen molar-refractivity contribution in [2.75, 3.05) is 29.9 Å². The summed E-state index contributed by atoms with van der Waals surface area (Å²) in [7, 11) is 0. The number of hydrogen-bond donors (Lipinski definition) is 2. The third kappa shape index (κ3) is 3.25. The highest BCUT2D eigenvalue weighted by molar-refractivity contribution is 6.37. The Balaban J connectivity index is 2.22. The van der Waals surface area contributed by atoms with E-state index in [9.17, 15) is 5.11 Å². The van der Waals surface area contributed by atoms with E-state index < -0.39 is 0 Å². The number of anilines is 2. The molecular formula is C13H19Cl2N3O. The molecule has 4 nitrogen and oxygen atoms in total. The molecule has 2 rings (SSSR count). The lowest BCUT2D eigenvalue weighted by atomic mass is 10.0. The van der Waals surface area contributed by atoms with Crippen LogP contribution in [0.1, 0.15) is 20.3 Å². The van der Waals surface area contributed by atoms with Crippen LogP contribution < -0.4 is 10.2 Å². The summed E-state index contributed by atoms with van der Waals surface area (Å²) in [4.78, 5) is 6.61. The van der Waals surface area contributed by atoms with Gasteiger partial charge in [0.15, 0.2) is 0 Å². The minimum absolute atomic E-state index is 0.274. The molecule has 2 heterocycles. The third-order valence-corrected chi connectivity index (χ3v) is 4.03. The molecule has 0 radical (unpaired) electrons. The second kappa shape index (κ2) is 6.16. The van der Waals surface area contributed by atoms with Gasteiger partial charge < -0.3 is 15.3 Å². The molecule has 0 spiro atoms. The molecule has 106 valence electrons. The zero-order valence-corrected chi connectivity index (χ0v) is 12.7. The van der Waals surface area contributed by atoms with Gasteiger partial charge >= 0.3 is 0 Å². The van der Waals surface area contributed by atoms with Crippen molar-refractivity contribution in [3.05, 3.63) is 16.1 Å². The Hall–Kier alpha value is -0.710. The van der Waals surface area contributed by atoms with Crippen LogP contribution in [0.3, 0.4) is 0 Å². The molecule has 0 saturated carbocycles. The van der Waals surface area contributed by atoms with Crippen molar-refractivity contribution >= 4 is 34.8 Å². The molecule has 1 saturated heterocycles. The quantitative estimate of drug-likeness (QED) is 0.897. The number of pyridine rings is 1. The lowest BCUT2D eigenvalue weighted by Crippen LogP contribution is -2.25. The number of aliphatic hydroxyl groups excluding tert-OH is 1. The van der Waals surface area contributed by atoms with Crippen LogP contribution in [-0.2, 0) is 0 Å². The fourth-order valence-corrected chi connectivity index (χ4v) is 2.89. The largest absolute Gasteiger partial charge is 0.393 e. The van der Waals surface area contributed by atoms with Crippen molar-refractivity contribution in [1.82, 2.24) is 4.98 Å². The molecular weight excluding hydrogens is 285 g/mol. The second-order valence-electron chi connectivity index (χ2n) is 4.89. The molecule has 0 aromatic carbocycles. The zero-order valence-electron chi connectivity index (χ0n) is 11.2. The number of nitrogens with zero attached hydrogens (tertiary/aromatic N) is 2. The fraction of sp³-hybridized carbons (Fsp3) is 0.615. The molecule has 1 aromatic rings. The first-order chi connectivity index (χ1) is 9.02. The third-order valence-electron chi connectivity index (χ3n) is 3.46. The van der Waals surface area contributed by atoms with Gasteiger partial charge in [-0.05, 0) is 26.3 Å². The van der Waals surface area contributed by atoms with Crippen molar-refractivity contribution < 1.29 is 5.11 Å². The second-order valence-corrected chi connectivity index (χ2v) is 5.70. The summed E-state index contributed by atoms with van der Waals surface area (Å²) < 4.78 is 0. The van der Waals surface area contributed by atoms with Gasteiger partial charge in [0.05, 0.1) is 16.1 Å². The maximum Gasteiger partial charge on any atom is 0.149 e. The summed E-state index contributed by atoms with van der Waals surface area (Å²) >= 11 is 12.3. The number of nitrogens with one attached hydrogen (secondary N) is 1. The lowest BCUT2D eigenvalue weighted by Gasteiger charge is -2.21. The Morgan fingerprint density at radius 3 is 2.84 bits per heavy atom. The SMILES string of the molecule is CCNc1nc(N2CCC(C(C)O)C2)c(Cl)cc1Cl. The summed E-state index contributed by atoms with van der Waals surface area (Å²) in [5.41, 5.74) is 0. The van der Waals surface area contributed by atoms with Crippen molar-refractivity contribution in [2.24, 2.45) is 5.92 Å². The number of hydrogen-bond acceptors (Lipinski definition) is 4. The van der Waals surface area contributed by atoms with Crippen molar-refractivity contribution in [3.63, 3.8) is 0 Å². The van der Waals surface area contributed by atoms with Gasteiger partial charge in [-0.1, -0.05) is 23.2 Å². The highest BCUT2D eigenvalue weighted by atomic mass is 35.5. The lowest BCUT2D eigenvalue weighted by molar-refractivity contribution is 0.136. The van der Waals surface area contributed by atoms with Crippen molar-refractivity contribution in [1.29, 1.82) is 0 Å². The summed E-state index contributed by atoms with van der Waals surface area (Å²) in [5.74, 6) is 1.67. The molecule has 19 heavy (non-hydrogen) atoms. The van der Waals surface area contributed by atoms with Gasteiger partial charge in [0.2, 0.25) is 0 Å². The Morgan fingerprint density at radius 2 is 2.26 bits per heavy atom. The van der Waals surface area contributed by atoms with Gasteiger partial charge in [-0.15, -0.1) is 0 Å². The van der Waals surface area contributed by atoms with E-state index in [1.165, 1.54) is 0 Å². The van der Waals surface area contributed by atoms with Crippen LogP contribution in [0.4, 0.5) is 11.6 Å². The van der Waals surface area contributed by atoms with Gasteiger partial charge in [0.1, 0.15) is 11.6 Å². The molecule has 0 bridgehead atoms. The first-order valence-electron chi connectivity index (χ1n) is 6.55.